The number of rotatable bonds is 16. The van der Waals surface area contributed by atoms with Crippen molar-refractivity contribution in [1.82, 2.24) is 0 Å². The van der Waals surface area contributed by atoms with Crippen LogP contribution in [0.3, 0.4) is 0 Å². The molecule has 2 atom stereocenters. The molecule has 0 fully saturated rings. The van der Waals surface area contributed by atoms with E-state index in [-0.39, 0.29) is 48.3 Å². The maximum Gasteiger partial charge on any atom is 0.307 e. The zero-order valence-corrected chi connectivity index (χ0v) is 34.1. The lowest BCUT2D eigenvalue weighted by atomic mass is 9.71. The Bertz CT molecular complexity index is 1640. The largest absolute Gasteiger partial charge is 0.454 e. The predicted octanol–water partition coefficient (Wildman–Crippen LogP) is 8.70. The van der Waals surface area contributed by atoms with Crippen molar-refractivity contribution in [3.8, 4) is 0 Å². The van der Waals surface area contributed by atoms with Gasteiger partial charge in [-0.05, 0) is 74.7 Å². The Morgan fingerprint density at radius 1 is 0.593 bits per heavy atom. The van der Waals surface area contributed by atoms with Crippen molar-refractivity contribution in [1.29, 1.82) is 0 Å². The predicted molar refractivity (Wildman–Crippen MR) is 220 cm³/mol. The molecule has 292 valence electrons. The highest BCUT2D eigenvalue weighted by atomic mass is 16.6. The molecule has 0 aromatic heterocycles. The quantitative estimate of drug-likeness (QED) is 0.118. The van der Waals surface area contributed by atoms with Crippen molar-refractivity contribution in [3.05, 3.63) is 130 Å². The Morgan fingerprint density at radius 2 is 0.907 bits per heavy atom. The van der Waals surface area contributed by atoms with E-state index in [0.717, 1.165) is 33.4 Å². The number of ether oxygens (including phenoxy) is 2. The number of carbonyl (C=O) groups excluding carboxylic acids is 4. The zero-order valence-electron chi connectivity index (χ0n) is 34.1. The van der Waals surface area contributed by atoms with Crippen molar-refractivity contribution in [2.75, 3.05) is 13.1 Å². The molecule has 0 heterocycles. The van der Waals surface area contributed by atoms with Crippen molar-refractivity contribution >= 4 is 23.5 Å². The lowest BCUT2D eigenvalue weighted by Crippen LogP contribution is -2.39. The van der Waals surface area contributed by atoms with Gasteiger partial charge in [-0.25, -0.2) is 0 Å². The van der Waals surface area contributed by atoms with E-state index in [1.807, 2.05) is 113 Å². The summed E-state index contributed by atoms with van der Waals surface area (Å²) in [5.74, 6) is -1.18. The molecule has 0 spiro atoms. The van der Waals surface area contributed by atoms with Crippen LogP contribution in [0.25, 0.3) is 0 Å². The molecule has 8 heteroatoms. The van der Waals surface area contributed by atoms with Gasteiger partial charge in [-0.15, -0.1) is 0 Å². The number of carbonyl (C=O) groups is 4. The molecule has 0 saturated heterocycles. The summed E-state index contributed by atoms with van der Waals surface area (Å²) < 4.78 is 10.9. The van der Waals surface area contributed by atoms with Gasteiger partial charge in [-0.3, -0.25) is 19.2 Å². The summed E-state index contributed by atoms with van der Waals surface area (Å²) in [5.41, 5.74) is 17.6. The van der Waals surface area contributed by atoms with Gasteiger partial charge in [-0.1, -0.05) is 135 Å². The highest BCUT2D eigenvalue weighted by Crippen LogP contribution is 2.42. The average Bonchev–Trinajstić information content (AvgIpc) is 3.07. The highest BCUT2D eigenvalue weighted by Gasteiger charge is 2.41. The molecule has 54 heavy (non-hydrogen) atoms. The second kappa shape index (κ2) is 21.3. The molecule has 2 rings (SSSR count). The van der Waals surface area contributed by atoms with Crippen LogP contribution in [0.1, 0.15) is 94.9 Å². The van der Waals surface area contributed by atoms with Crippen LogP contribution < -0.4 is 11.5 Å². The number of esters is 2. The van der Waals surface area contributed by atoms with Crippen LogP contribution in [0, 0.1) is 10.8 Å². The Kier molecular flexibility index (Phi) is 17.9. The molecule has 2 aliphatic carbocycles. The minimum Gasteiger partial charge on any atom is -0.454 e. The van der Waals surface area contributed by atoms with Crippen LogP contribution >= 0.6 is 0 Å². The first-order chi connectivity index (χ1) is 25.3. The van der Waals surface area contributed by atoms with Crippen LogP contribution in [-0.2, 0) is 28.7 Å². The maximum absolute atomic E-state index is 12.9. The Balaban J connectivity index is 1.98. The number of allylic oxidation sites excluding steroid dienone is 20. The summed E-state index contributed by atoms with van der Waals surface area (Å²) in [7, 11) is 0. The summed E-state index contributed by atoms with van der Waals surface area (Å²) in [5, 5.41) is 0. The van der Waals surface area contributed by atoms with E-state index in [2.05, 4.69) is 27.7 Å². The molecular weight excluding hydrogens is 677 g/mol. The Labute approximate surface area is 323 Å². The van der Waals surface area contributed by atoms with E-state index in [4.69, 9.17) is 20.9 Å². The molecule has 0 aromatic carbocycles. The Morgan fingerprint density at radius 3 is 1.24 bits per heavy atom. The van der Waals surface area contributed by atoms with Gasteiger partial charge in [0.15, 0.2) is 23.8 Å². The van der Waals surface area contributed by atoms with Crippen LogP contribution in [0.2, 0.25) is 0 Å². The fourth-order valence-corrected chi connectivity index (χ4v) is 6.43. The lowest BCUT2D eigenvalue weighted by Gasteiger charge is -2.36. The van der Waals surface area contributed by atoms with Crippen molar-refractivity contribution in [3.63, 3.8) is 0 Å². The van der Waals surface area contributed by atoms with Gasteiger partial charge in [0.1, 0.15) is 0 Å². The third kappa shape index (κ3) is 14.3. The summed E-state index contributed by atoms with van der Waals surface area (Å²) >= 11 is 0. The van der Waals surface area contributed by atoms with Crippen LogP contribution in [0.4, 0.5) is 0 Å². The van der Waals surface area contributed by atoms with E-state index in [1.165, 1.54) is 0 Å². The molecule has 0 radical (unpaired) electrons. The third-order valence-corrected chi connectivity index (χ3v) is 9.52. The first-order valence-corrected chi connectivity index (χ1v) is 18.7. The fourth-order valence-electron chi connectivity index (χ4n) is 6.43. The van der Waals surface area contributed by atoms with Gasteiger partial charge in [0, 0.05) is 25.9 Å². The lowest BCUT2D eigenvalue weighted by molar-refractivity contribution is -0.156. The van der Waals surface area contributed by atoms with Gasteiger partial charge in [0.25, 0.3) is 0 Å². The molecule has 4 N–H and O–H groups in total. The smallest absolute Gasteiger partial charge is 0.307 e. The average molecular weight is 739 g/mol. The number of hydrogen-bond donors (Lipinski definition) is 2. The van der Waals surface area contributed by atoms with E-state index in [0.29, 0.717) is 24.0 Å². The molecule has 0 amide bonds. The van der Waals surface area contributed by atoms with Gasteiger partial charge < -0.3 is 20.9 Å². The summed E-state index contributed by atoms with van der Waals surface area (Å²) in [6.07, 6.45) is 27.7. The summed E-state index contributed by atoms with van der Waals surface area (Å²) in [6, 6.07) is 0. The second-order valence-corrected chi connectivity index (χ2v) is 15.4. The second-order valence-electron chi connectivity index (χ2n) is 15.4. The normalized spacial score (nSPS) is 21.9. The van der Waals surface area contributed by atoms with Crippen LogP contribution in [-0.4, -0.2) is 48.8 Å². The number of hydrogen-bond acceptors (Lipinski definition) is 8. The number of Topliss-reactive ketones (excluding diaryl/α,β-unsaturated/α-hetero) is 2. The van der Waals surface area contributed by atoms with Crippen molar-refractivity contribution < 1.29 is 28.7 Å². The minimum absolute atomic E-state index is 0.0991. The molecular formula is C46H62N2O6. The SMILES string of the molecule is CC(C=CC=C(C)C=CC1=C(C)C(=O)C(OC(=O)CCN)CC1(C)C)=CC=CC=C(C)C=CC=C(C)C=CC1=C(C)C(=O)C(OC(=O)CCN)CC1(C)C. The van der Waals surface area contributed by atoms with Gasteiger partial charge in [0.05, 0.1) is 12.8 Å². The van der Waals surface area contributed by atoms with Gasteiger partial charge >= 0.3 is 11.9 Å². The molecule has 8 nitrogen and oxygen atoms in total. The summed E-state index contributed by atoms with van der Waals surface area (Å²) in [6.45, 7) is 20.3. The van der Waals surface area contributed by atoms with E-state index < -0.39 is 24.1 Å². The molecule has 0 saturated carbocycles. The molecule has 2 unspecified atom stereocenters. The van der Waals surface area contributed by atoms with E-state index in [9.17, 15) is 19.2 Å². The van der Waals surface area contributed by atoms with Gasteiger partial charge in [-0.2, -0.15) is 0 Å². The third-order valence-electron chi connectivity index (χ3n) is 9.52. The molecule has 2 aliphatic rings. The highest BCUT2D eigenvalue weighted by molar-refractivity contribution is 6.02. The van der Waals surface area contributed by atoms with Crippen LogP contribution in [0.5, 0.6) is 0 Å². The molecule has 0 aromatic rings. The van der Waals surface area contributed by atoms with E-state index in [1.54, 1.807) is 13.8 Å². The van der Waals surface area contributed by atoms with Crippen molar-refractivity contribution in [2.45, 2.75) is 107 Å². The first-order valence-electron chi connectivity index (χ1n) is 18.7. The minimum atomic E-state index is -0.771. The first kappa shape index (κ1) is 45.5. The topological polar surface area (TPSA) is 139 Å². The van der Waals surface area contributed by atoms with E-state index >= 15 is 0 Å². The molecule has 0 aliphatic heterocycles. The van der Waals surface area contributed by atoms with Gasteiger partial charge in [0.2, 0.25) is 0 Å². The molecule has 0 bridgehead atoms. The maximum atomic E-state index is 12.9. The zero-order chi connectivity index (χ0) is 40.6. The summed E-state index contributed by atoms with van der Waals surface area (Å²) in [4.78, 5) is 49.8. The number of nitrogens with two attached hydrogens (primary N) is 2. The fraction of sp³-hybridized carbons (Fsp3) is 0.435. The standard InChI is InChI=1S/C46H62N2O6/c1-31(17-13-19-33(3)21-23-37-35(5)43(51)39(29-45(37,7)8)53-41(49)25-27-47)15-11-12-16-32(2)18-14-20-34(4)22-24-38-36(6)44(52)40(30-46(38,9)10)54-42(50)26-28-48/h11-24,39-40H,25-30,47-48H2,1-10H3. The van der Waals surface area contributed by atoms with Crippen LogP contribution in [0.15, 0.2) is 130 Å². The number of ketones is 2. The van der Waals surface area contributed by atoms with Crippen molar-refractivity contribution in [2.24, 2.45) is 22.3 Å². The Hall–Kier alpha value is -4.66. The monoisotopic (exact) mass is 738 g/mol.